The first-order chi connectivity index (χ1) is 29.7. The highest BCUT2D eigenvalue weighted by molar-refractivity contribution is 7.85. The molecule has 0 aromatic heterocycles. The number of aliphatic hydroxyl groups excluding tert-OH is 6. The molecule has 2 amide bonds. The number of aliphatic carboxylic acids is 1. The van der Waals surface area contributed by atoms with Crippen molar-refractivity contribution in [3.8, 4) is 0 Å². The van der Waals surface area contributed by atoms with Gasteiger partial charge in [0.2, 0.25) is 5.69 Å². The van der Waals surface area contributed by atoms with Gasteiger partial charge in [0, 0.05) is 65.0 Å². The van der Waals surface area contributed by atoms with E-state index in [1.807, 2.05) is 69.0 Å². The van der Waals surface area contributed by atoms with E-state index in [9.17, 15) is 58.0 Å². The Morgan fingerprint density at radius 2 is 1.27 bits per heavy atom. The highest BCUT2D eigenvalue weighted by atomic mass is 32.2. The minimum absolute atomic E-state index is 0.0647. The van der Waals surface area contributed by atoms with Crippen molar-refractivity contribution in [1.82, 2.24) is 10.6 Å². The second-order valence-electron chi connectivity index (χ2n) is 17.3. The topological polar surface area (TPSA) is 278 Å². The molecule has 0 saturated carbocycles. The fourth-order valence-corrected chi connectivity index (χ4v) is 8.48. The van der Waals surface area contributed by atoms with Gasteiger partial charge in [-0.25, -0.2) is 0 Å². The standard InChI is InChI=1S/C45H62N4O13S/c1-42(2)33-23-31(40(58)46-44(25-50,26-51)27-52)16-18-35(33)48(20-10-6-9-15-39(56)57)37(42)13-7-5-8-14-38-43(3,4)34-24-32(41(59)47-45(28-53,29-54)30-55)17-19-36(34)49(38)21-11-12-22-63(60,61)62/h5,7-8,13-14,16-19,23-24,50-55H,6,9-12,15,20-22,25-30H2,1-4H3,(H3-,46,47,56,57,58,59,60,61,62)/p+1. The summed E-state index contributed by atoms with van der Waals surface area (Å²) in [6.45, 7) is 4.89. The van der Waals surface area contributed by atoms with Gasteiger partial charge in [0.1, 0.15) is 17.6 Å². The third kappa shape index (κ3) is 11.9. The molecule has 0 aliphatic carbocycles. The van der Waals surface area contributed by atoms with Crippen molar-refractivity contribution in [3.05, 3.63) is 94.7 Å². The second-order valence-corrected chi connectivity index (χ2v) is 18.9. The average Bonchev–Trinajstić information content (AvgIpc) is 3.59. The third-order valence-corrected chi connectivity index (χ3v) is 12.7. The van der Waals surface area contributed by atoms with Gasteiger partial charge >= 0.3 is 5.97 Å². The number of benzene rings is 2. The number of carbonyl (C=O) groups is 3. The molecular formula is C45H63N4O13S+. The van der Waals surface area contributed by atoms with Crippen LogP contribution in [0.5, 0.6) is 0 Å². The van der Waals surface area contributed by atoms with Gasteiger partial charge in [0.25, 0.3) is 21.9 Å². The number of nitrogens with one attached hydrogen (secondary N) is 2. The Morgan fingerprint density at radius 1 is 0.714 bits per heavy atom. The van der Waals surface area contributed by atoms with Crippen LogP contribution in [0.25, 0.3) is 0 Å². The van der Waals surface area contributed by atoms with Crippen molar-refractivity contribution < 1.29 is 67.7 Å². The molecule has 2 aromatic rings. The SMILES string of the molecule is CC1(C)C(=CC=CC=CC2=[N+](CCCCCC(=O)O)c3ccc(C(=O)NC(CO)(CO)CO)cc3C2(C)C)N(CCCCS(=O)(=O)O)c2ccc(C(=O)NC(CO)(CO)CO)cc21. The van der Waals surface area contributed by atoms with Crippen LogP contribution in [0.15, 0.2) is 72.5 Å². The van der Waals surface area contributed by atoms with Crippen LogP contribution in [0.2, 0.25) is 0 Å². The number of carboxylic acid groups (broad SMARTS) is 1. The number of unbranched alkanes of at least 4 members (excludes halogenated alkanes) is 3. The average molecular weight is 900 g/mol. The normalized spacial score (nSPS) is 16.6. The minimum Gasteiger partial charge on any atom is -0.481 e. The summed E-state index contributed by atoms with van der Waals surface area (Å²) in [6, 6.07) is 10.3. The van der Waals surface area contributed by atoms with Crippen LogP contribution in [0.4, 0.5) is 11.4 Å². The number of aliphatic hydroxyl groups is 6. The number of nitrogens with zero attached hydrogens (tertiary/aromatic N) is 2. The number of hydrogen-bond donors (Lipinski definition) is 10. The van der Waals surface area contributed by atoms with E-state index in [1.165, 1.54) is 0 Å². The molecule has 63 heavy (non-hydrogen) atoms. The number of amides is 2. The molecule has 18 heteroatoms. The van der Waals surface area contributed by atoms with Gasteiger partial charge in [-0.15, -0.1) is 0 Å². The molecule has 2 heterocycles. The van der Waals surface area contributed by atoms with Crippen molar-refractivity contribution in [2.24, 2.45) is 0 Å². The van der Waals surface area contributed by atoms with Crippen LogP contribution >= 0.6 is 0 Å². The highest BCUT2D eigenvalue weighted by Crippen LogP contribution is 2.48. The van der Waals surface area contributed by atoms with Gasteiger partial charge in [-0.1, -0.05) is 32.1 Å². The Balaban J connectivity index is 1.69. The molecule has 0 unspecified atom stereocenters. The van der Waals surface area contributed by atoms with Crippen LogP contribution in [0, 0.1) is 0 Å². The molecule has 10 N–H and O–H groups in total. The van der Waals surface area contributed by atoms with Gasteiger partial charge in [0.15, 0.2) is 5.71 Å². The maximum Gasteiger partial charge on any atom is 0.303 e. The highest BCUT2D eigenvalue weighted by Gasteiger charge is 2.45. The van der Waals surface area contributed by atoms with E-state index in [1.54, 1.807) is 30.3 Å². The number of hydrogen-bond acceptors (Lipinski definition) is 12. The third-order valence-electron chi connectivity index (χ3n) is 11.9. The number of fused-ring (bicyclic) bond motifs is 2. The van der Waals surface area contributed by atoms with E-state index in [-0.39, 0.29) is 24.0 Å². The predicted molar refractivity (Wildman–Crippen MR) is 237 cm³/mol. The molecule has 0 saturated heterocycles. The van der Waals surface area contributed by atoms with Gasteiger partial charge in [-0.05, 0) is 81.5 Å². The van der Waals surface area contributed by atoms with E-state index >= 15 is 0 Å². The number of carboxylic acids is 1. The lowest BCUT2D eigenvalue weighted by molar-refractivity contribution is -0.438. The summed E-state index contributed by atoms with van der Waals surface area (Å²) >= 11 is 0. The summed E-state index contributed by atoms with van der Waals surface area (Å²) < 4.78 is 34.4. The molecule has 2 aliphatic heterocycles. The summed E-state index contributed by atoms with van der Waals surface area (Å²) in [5, 5.41) is 72.9. The van der Waals surface area contributed by atoms with E-state index in [4.69, 9.17) is 5.11 Å². The van der Waals surface area contributed by atoms with Crippen LogP contribution in [-0.4, -0.2) is 146 Å². The molecule has 0 bridgehead atoms. The molecule has 0 radical (unpaired) electrons. The molecule has 0 fully saturated rings. The summed E-state index contributed by atoms with van der Waals surface area (Å²) in [4.78, 5) is 39.8. The van der Waals surface area contributed by atoms with E-state index in [0.717, 1.165) is 33.9 Å². The smallest absolute Gasteiger partial charge is 0.303 e. The monoisotopic (exact) mass is 899 g/mol. The van der Waals surface area contributed by atoms with Crippen LogP contribution in [-0.2, 0) is 25.7 Å². The minimum atomic E-state index is -4.16. The van der Waals surface area contributed by atoms with Crippen molar-refractivity contribution in [1.29, 1.82) is 0 Å². The fourth-order valence-electron chi connectivity index (χ4n) is 7.91. The zero-order valence-corrected chi connectivity index (χ0v) is 37.2. The molecule has 0 spiro atoms. The maximum atomic E-state index is 13.3. The number of allylic oxidation sites excluding steroid dienone is 6. The van der Waals surface area contributed by atoms with Crippen LogP contribution in [0.1, 0.15) is 98.1 Å². The largest absolute Gasteiger partial charge is 0.481 e. The summed E-state index contributed by atoms with van der Waals surface area (Å²) in [7, 11) is -4.16. The van der Waals surface area contributed by atoms with Gasteiger partial charge in [-0.3, -0.25) is 18.9 Å². The number of rotatable bonds is 24. The molecule has 346 valence electrons. The van der Waals surface area contributed by atoms with Crippen molar-refractivity contribution in [2.75, 3.05) is 63.4 Å². The van der Waals surface area contributed by atoms with Gasteiger partial charge in [-0.2, -0.15) is 13.0 Å². The summed E-state index contributed by atoms with van der Waals surface area (Å²) in [6.07, 6.45) is 12.1. The fraction of sp³-hybridized carbons (Fsp3) is 0.511. The van der Waals surface area contributed by atoms with Gasteiger partial charge in [0.05, 0.1) is 50.8 Å². The summed E-state index contributed by atoms with van der Waals surface area (Å²) in [5.41, 5.74) is 0.966. The first-order valence-corrected chi connectivity index (χ1v) is 22.5. The first-order valence-electron chi connectivity index (χ1n) is 20.9. The van der Waals surface area contributed by atoms with Crippen LogP contribution < -0.4 is 15.5 Å². The lowest BCUT2D eigenvalue weighted by Crippen LogP contribution is -2.57. The summed E-state index contributed by atoms with van der Waals surface area (Å²) in [5.74, 6) is -2.44. The molecule has 0 atom stereocenters. The zero-order valence-electron chi connectivity index (χ0n) is 36.4. The lowest BCUT2D eigenvalue weighted by Gasteiger charge is -2.29. The Kier molecular flexibility index (Phi) is 17.2. The zero-order chi connectivity index (χ0) is 46.8. The Morgan fingerprint density at radius 3 is 1.81 bits per heavy atom. The quantitative estimate of drug-likeness (QED) is 0.0313. The van der Waals surface area contributed by atoms with Crippen LogP contribution in [0.3, 0.4) is 0 Å². The molecule has 4 rings (SSSR count). The number of anilines is 1. The van der Waals surface area contributed by atoms with Gasteiger partial charge < -0.3 is 51.3 Å². The maximum absolute atomic E-state index is 13.3. The van der Waals surface area contributed by atoms with Crippen molar-refractivity contribution >= 4 is 45.0 Å². The molecule has 2 aromatic carbocycles. The Bertz CT molecular complexity index is 2210. The molecular weight excluding hydrogens is 837 g/mol. The first kappa shape index (κ1) is 50.9. The lowest BCUT2D eigenvalue weighted by atomic mass is 9.80. The Hall–Kier alpha value is -4.79. The van der Waals surface area contributed by atoms with Crippen molar-refractivity contribution in [2.45, 2.75) is 88.1 Å². The number of carbonyl (C=O) groups excluding carboxylic acids is 2. The van der Waals surface area contributed by atoms with E-state index < -0.39 is 95.2 Å². The van der Waals surface area contributed by atoms with E-state index in [2.05, 4.69) is 15.2 Å². The van der Waals surface area contributed by atoms with E-state index in [0.29, 0.717) is 38.8 Å². The molecule has 2 aliphatic rings. The van der Waals surface area contributed by atoms with Crippen molar-refractivity contribution in [3.63, 3.8) is 0 Å². The predicted octanol–water partition coefficient (Wildman–Crippen LogP) is 2.06. The second kappa shape index (κ2) is 21.3. The molecule has 17 nitrogen and oxygen atoms in total. The Labute approximate surface area is 368 Å².